The van der Waals surface area contributed by atoms with Gasteiger partial charge < -0.3 is 0 Å². The minimum Gasteiger partial charge on any atom is -0.278 e. The standard InChI is InChI=1S/C16H18N4O4S2/c1-11(2)20-16-12(9-18-20)8-13(10-17-16)19-26(23,24)15-6-4-14(5-7-15)25(3,21)22/h4-11,19H,1-3H3. The quantitative estimate of drug-likeness (QED) is 0.710. The highest BCUT2D eigenvalue weighted by Gasteiger charge is 2.17. The van der Waals surface area contributed by atoms with Crippen LogP contribution in [0.3, 0.4) is 0 Å². The first-order valence-corrected chi connectivity index (χ1v) is 11.1. The van der Waals surface area contributed by atoms with Gasteiger partial charge in [0, 0.05) is 17.7 Å². The second-order valence-electron chi connectivity index (χ2n) is 6.17. The number of aromatic nitrogens is 3. The van der Waals surface area contributed by atoms with Gasteiger partial charge >= 0.3 is 0 Å². The normalized spacial score (nSPS) is 12.6. The maximum absolute atomic E-state index is 12.5. The van der Waals surface area contributed by atoms with E-state index in [9.17, 15) is 16.8 Å². The molecule has 8 nitrogen and oxygen atoms in total. The van der Waals surface area contributed by atoms with E-state index < -0.39 is 19.9 Å². The second-order valence-corrected chi connectivity index (χ2v) is 9.87. The minimum atomic E-state index is -3.87. The van der Waals surface area contributed by atoms with Crippen LogP contribution < -0.4 is 4.72 Å². The fourth-order valence-corrected chi connectivity index (χ4v) is 4.12. The van der Waals surface area contributed by atoms with Crippen molar-refractivity contribution < 1.29 is 16.8 Å². The Labute approximate surface area is 151 Å². The molecule has 0 fully saturated rings. The predicted molar refractivity (Wildman–Crippen MR) is 98.3 cm³/mol. The molecule has 0 aliphatic carbocycles. The highest BCUT2D eigenvalue weighted by Crippen LogP contribution is 2.22. The van der Waals surface area contributed by atoms with Crippen molar-refractivity contribution in [3.05, 3.63) is 42.7 Å². The molecule has 2 aromatic heterocycles. The third kappa shape index (κ3) is 3.56. The first-order valence-electron chi connectivity index (χ1n) is 7.74. The number of benzene rings is 1. The van der Waals surface area contributed by atoms with Crippen molar-refractivity contribution in [1.29, 1.82) is 0 Å². The molecular weight excluding hydrogens is 376 g/mol. The lowest BCUT2D eigenvalue weighted by molar-refractivity contribution is 0.546. The van der Waals surface area contributed by atoms with Crippen LogP contribution in [0.4, 0.5) is 5.69 Å². The summed E-state index contributed by atoms with van der Waals surface area (Å²) in [6.45, 7) is 3.95. The maximum Gasteiger partial charge on any atom is 0.261 e. The highest BCUT2D eigenvalue weighted by molar-refractivity contribution is 7.92. The number of hydrogen-bond acceptors (Lipinski definition) is 6. The number of hydrogen-bond donors (Lipinski definition) is 1. The van der Waals surface area contributed by atoms with Gasteiger partial charge in [-0.05, 0) is 44.2 Å². The lowest BCUT2D eigenvalue weighted by atomic mass is 10.3. The summed E-state index contributed by atoms with van der Waals surface area (Å²) in [6.07, 6.45) is 4.11. The molecule has 10 heteroatoms. The lowest BCUT2D eigenvalue weighted by Gasteiger charge is -2.09. The van der Waals surface area contributed by atoms with Gasteiger partial charge in [0.1, 0.15) is 0 Å². The molecule has 3 aromatic rings. The largest absolute Gasteiger partial charge is 0.278 e. The van der Waals surface area contributed by atoms with E-state index in [1.807, 2.05) is 13.8 Å². The van der Waals surface area contributed by atoms with Crippen molar-refractivity contribution in [3.8, 4) is 0 Å². The molecule has 2 heterocycles. The maximum atomic E-state index is 12.5. The van der Waals surface area contributed by atoms with Crippen LogP contribution in [0.15, 0.2) is 52.5 Å². The number of pyridine rings is 1. The van der Waals surface area contributed by atoms with Crippen molar-refractivity contribution in [2.75, 3.05) is 11.0 Å². The Morgan fingerprint density at radius 2 is 1.62 bits per heavy atom. The average molecular weight is 394 g/mol. The SMILES string of the molecule is CC(C)n1ncc2cc(NS(=O)(=O)c3ccc(S(C)(=O)=O)cc3)cnc21. The summed E-state index contributed by atoms with van der Waals surface area (Å²) in [5.74, 6) is 0. The van der Waals surface area contributed by atoms with Crippen LogP contribution in [0.25, 0.3) is 11.0 Å². The number of nitrogens with zero attached hydrogens (tertiary/aromatic N) is 3. The van der Waals surface area contributed by atoms with Crippen molar-refractivity contribution in [3.63, 3.8) is 0 Å². The van der Waals surface area contributed by atoms with Crippen LogP contribution >= 0.6 is 0 Å². The van der Waals surface area contributed by atoms with E-state index in [0.29, 0.717) is 16.7 Å². The van der Waals surface area contributed by atoms with Gasteiger partial charge in [0.25, 0.3) is 10.0 Å². The molecule has 0 aliphatic rings. The molecule has 0 unspecified atom stereocenters. The molecular formula is C16H18N4O4S2. The molecule has 1 N–H and O–H groups in total. The molecule has 0 amide bonds. The van der Waals surface area contributed by atoms with Crippen molar-refractivity contribution in [1.82, 2.24) is 14.8 Å². The van der Waals surface area contributed by atoms with Crippen molar-refractivity contribution in [2.24, 2.45) is 0 Å². The summed E-state index contributed by atoms with van der Waals surface area (Å²) in [6, 6.07) is 6.81. The Morgan fingerprint density at radius 1 is 1.00 bits per heavy atom. The van der Waals surface area contributed by atoms with Crippen LogP contribution in [-0.4, -0.2) is 37.9 Å². The summed E-state index contributed by atoms with van der Waals surface area (Å²) in [5, 5.41) is 4.96. The summed E-state index contributed by atoms with van der Waals surface area (Å²) < 4.78 is 52.2. The Balaban J connectivity index is 1.91. The Hall–Kier alpha value is -2.46. The molecule has 0 atom stereocenters. The zero-order valence-electron chi connectivity index (χ0n) is 14.4. The predicted octanol–water partition coefficient (Wildman–Crippen LogP) is 2.22. The topological polar surface area (TPSA) is 111 Å². The molecule has 0 aliphatic heterocycles. The summed E-state index contributed by atoms with van der Waals surface area (Å²) in [4.78, 5) is 4.30. The third-order valence-electron chi connectivity index (χ3n) is 3.74. The Bertz CT molecular complexity index is 1160. The van der Waals surface area contributed by atoms with Crippen LogP contribution in [0.1, 0.15) is 19.9 Å². The van der Waals surface area contributed by atoms with Crippen LogP contribution in [0.5, 0.6) is 0 Å². The first kappa shape index (κ1) is 18.3. The fourth-order valence-electron chi connectivity index (χ4n) is 2.45. The number of fused-ring (bicyclic) bond motifs is 1. The lowest BCUT2D eigenvalue weighted by Crippen LogP contribution is -2.13. The van der Waals surface area contributed by atoms with E-state index in [2.05, 4.69) is 14.8 Å². The molecule has 3 rings (SSSR count). The highest BCUT2D eigenvalue weighted by atomic mass is 32.2. The Morgan fingerprint density at radius 3 is 2.19 bits per heavy atom. The fraction of sp³-hybridized carbons (Fsp3) is 0.250. The van der Waals surface area contributed by atoms with E-state index in [4.69, 9.17) is 0 Å². The van der Waals surface area contributed by atoms with Crippen LogP contribution in [-0.2, 0) is 19.9 Å². The number of anilines is 1. The van der Waals surface area contributed by atoms with E-state index in [1.54, 1.807) is 16.9 Å². The van der Waals surface area contributed by atoms with E-state index in [1.165, 1.54) is 30.5 Å². The molecule has 138 valence electrons. The second kappa shape index (κ2) is 6.36. The summed E-state index contributed by atoms with van der Waals surface area (Å²) >= 11 is 0. The molecule has 0 bridgehead atoms. The van der Waals surface area contributed by atoms with E-state index in [0.717, 1.165) is 6.26 Å². The number of sulfone groups is 1. The van der Waals surface area contributed by atoms with Crippen molar-refractivity contribution in [2.45, 2.75) is 29.7 Å². The van der Waals surface area contributed by atoms with Gasteiger partial charge in [0.05, 0.1) is 27.9 Å². The molecule has 26 heavy (non-hydrogen) atoms. The monoisotopic (exact) mass is 394 g/mol. The zero-order valence-corrected chi connectivity index (χ0v) is 16.0. The smallest absolute Gasteiger partial charge is 0.261 e. The van der Waals surface area contributed by atoms with Gasteiger partial charge in [0.15, 0.2) is 15.5 Å². The van der Waals surface area contributed by atoms with Crippen LogP contribution in [0, 0.1) is 0 Å². The summed E-state index contributed by atoms with van der Waals surface area (Å²) in [7, 11) is -7.25. The van der Waals surface area contributed by atoms with Gasteiger partial charge in [-0.15, -0.1) is 0 Å². The van der Waals surface area contributed by atoms with Gasteiger partial charge in [-0.2, -0.15) is 5.10 Å². The summed E-state index contributed by atoms with van der Waals surface area (Å²) in [5.41, 5.74) is 0.966. The number of rotatable bonds is 5. The molecule has 0 spiro atoms. The van der Waals surface area contributed by atoms with Crippen LogP contribution in [0.2, 0.25) is 0 Å². The Kier molecular flexibility index (Phi) is 4.49. The number of sulfonamides is 1. The van der Waals surface area contributed by atoms with E-state index in [-0.39, 0.29) is 15.8 Å². The molecule has 0 saturated heterocycles. The molecule has 0 saturated carbocycles. The van der Waals surface area contributed by atoms with E-state index >= 15 is 0 Å². The average Bonchev–Trinajstić information content (AvgIpc) is 2.97. The van der Waals surface area contributed by atoms with Gasteiger partial charge in [0.2, 0.25) is 0 Å². The van der Waals surface area contributed by atoms with Gasteiger partial charge in [-0.25, -0.2) is 26.5 Å². The molecule has 0 radical (unpaired) electrons. The molecule has 1 aromatic carbocycles. The minimum absolute atomic E-state index is 0.0390. The zero-order chi connectivity index (χ0) is 19.1. The first-order chi connectivity index (χ1) is 12.1. The van der Waals surface area contributed by atoms with Gasteiger partial charge in [-0.3, -0.25) is 4.72 Å². The third-order valence-corrected chi connectivity index (χ3v) is 6.26. The van der Waals surface area contributed by atoms with Crippen molar-refractivity contribution >= 4 is 36.6 Å². The van der Waals surface area contributed by atoms with Gasteiger partial charge in [-0.1, -0.05) is 0 Å². The number of nitrogens with one attached hydrogen (secondary N) is 1.